The van der Waals surface area contributed by atoms with Crippen LogP contribution in [0.15, 0.2) is 58.6 Å². The summed E-state index contributed by atoms with van der Waals surface area (Å²) >= 11 is 1.31. The molecule has 0 saturated heterocycles. The Hall–Kier alpha value is -1.90. The minimum Gasteiger partial charge on any atom is -0.325 e. The quantitative estimate of drug-likeness (QED) is 0.806. The van der Waals surface area contributed by atoms with Crippen LogP contribution in [0, 0.1) is 0 Å². The third-order valence-corrected chi connectivity index (χ3v) is 5.64. The van der Waals surface area contributed by atoms with Crippen molar-refractivity contribution in [1.82, 2.24) is 9.29 Å². The van der Waals surface area contributed by atoms with E-state index in [0.717, 1.165) is 9.33 Å². The summed E-state index contributed by atoms with van der Waals surface area (Å²) < 4.78 is 25.3. The number of amides is 1. The van der Waals surface area contributed by atoms with Gasteiger partial charge in [0.25, 0.3) is 0 Å². The van der Waals surface area contributed by atoms with Gasteiger partial charge >= 0.3 is 0 Å². The molecule has 0 bridgehead atoms. The molecule has 0 saturated carbocycles. The largest absolute Gasteiger partial charge is 0.325 e. The molecule has 8 heteroatoms. The number of aromatic nitrogens is 1. The lowest BCUT2D eigenvalue weighted by atomic mass is 10.3. The fourth-order valence-electron chi connectivity index (χ4n) is 1.71. The van der Waals surface area contributed by atoms with Crippen molar-refractivity contribution in [2.45, 2.75) is 9.92 Å². The Balaban J connectivity index is 2.02. The lowest BCUT2D eigenvalue weighted by Crippen LogP contribution is -2.22. The third-order valence-electron chi connectivity index (χ3n) is 2.89. The Morgan fingerprint density at radius 3 is 2.65 bits per heavy atom. The Morgan fingerprint density at radius 1 is 1.22 bits per heavy atom. The summed E-state index contributed by atoms with van der Waals surface area (Å²) in [5.74, 6) is -0.0261. The molecule has 0 radical (unpaired) electrons. The molecule has 0 aliphatic heterocycles. The predicted octanol–water partition coefficient (Wildman–Crippen LogP) is 2.06. The van der Waals surface area contributed by atoms with E-state index in [1.165, 1.54) is 38.0 Å². The van der Waals surface area contributed by atoms with Crippen molar-refractivity contribution in [1.29, 1.82) is 0 Å². The Labute approximate surface area is 140 Å². The van der Waals surface area contributed by atoms with Gasteiger partial charge in [0.1, 0.15) is 0 Å². The third kappa shape index (κ3) is 4.78. The van der Waals surface area contributed by atoms with Gasteiger partial charge in [-0.25, -0.2) is 17.7 Å². The lowest BCUT2D eigenvalue weighted by molar-refractivity contribution is -0.113. The van der Waals surface area contributed by atoms with Gasteiger partial charge in [-0.2, -0.15) is 0 Å². The minimum atomic E-state index is -3.52. The average molecular weight is 351 g/mol. The number of anilines is 1. The van der Waals surface area contributed by atoms with Crippen molar-refractivity contribution in [3.63, 3.8) is 0 Å². The summed E-state index contributed by atoms with van der Waals surface area (Å²) in [5, 5.41) is 3.45. The fourth-order valence-corrected chi connectivity index (χ4v) is 3.32. The molecule has 0 fully saturated rings. The Kier molecular flexibility index (Phi) is 5.75. The molecular weight excluding hydrogens is 334 g/mol. The number of nitrogens with one attached hydrogen (secondary N) is 1. The number of nitrogens with zero attached hydrogens (tertiary/aromatic N) is 2. The van der Waals surface area contributed by atoms with Gasteiger partial charge < -0.3 is 5.32 Å². The highest BCUT2D eigenvalue weighted by molar-refractivity contribution is 7.99. The summed E-state index contributed by atoms with van der Waals surface area (Å²) in [5.41, 5.74) is 0.444. The van der Waals surface area contributed by atoms with Crippen molar-refractivity contribution in [3.8, 4) is 0 Å². The highest BCUT2D eigenvalue weighted by atomic mass is 32.2. The van der Waals surface area contributed by atoms with Crippen LogP contribution in [0.4, 0.5) is 5.69 Å². The lowest BCUT2D eigenvalue weighted by Gasteiger charge is -2.12. The Morgan fingerprint density at radius 2 is 2.00 bits per heavy atom. The van der Waals surface area contributed by atoms with Crippen LogP contribution in [0.25, 0.3) is 0 Å². The SMILES string of the molecule is CN(C)S(=O)(=O)c1cccc(NC(=O)CSc2ccccn2)c1. The van der Waals surface area contributed by atoms with Crippen LogP contribution >= 0.6 is 11.8 Å². The van der Waals surface area contributed by atoms with Crippen LogP contribution in [0.2, 0.25) is 0 Å². The van der Waals surface area contributed by atoms with Crippen LogP contribution < -0.4 is 5.32 Å². The molecule has 6 nitrogen and oxygen atoms in total. The van der Waals surface area contributed by atoms with Crippen LogP contribution in [0.3, 0.4) is 0 Å². The zero-order valence-electron chi connectivity index (χ0n) is 12.8. The molecule has 1 aromatic heterocycles. The second kappa shape index (κ2) is 7.58. The number of pyridine rings is 1. The standard InChI is InChI=1S/C15H17N3O3S2/c1-18(2)23(20,21)13-7-5-6-12(10-13)17-14(19)11-22-15-8-3-4-9-16-15/h3-10H,11H2,1-2H3,(H,17,19). The molecule has 0 spiro atoms. The van der Waals surface area contributed by atoms with Crippen molar-refractivity contribution in [2.24, 2.45) is 0 Å². The molecule has 2 aromatic rings. The molecule has 1 heterocycles. The van der Waals surface area contributed by atoms with E-state index < -0.39 is 10.0 Å². The van der Waals surface area contributed by atoms with Crippen LogP contribution in [0.5, 0.6) is 0 Å². The first-order valence-electron chi connectivity index (χ1n) is 6.76. The maximum atomic E-state index is 12.1. The van der Waals surface area contributed by atoms with Gasteiger partial charge in [-0.3, -0.25) is 4.79 Å². The van der Waals surface area contributed by atoms with Crippen LogP contribution in [-0.2, 0) is 14.8 Å². The van der Waals surface area contributed by atoms with E-state index in [2.05, 4.69) is 10.3 Å². The van der Waals surface area contributed by atoms with Crippen molar-refractivity contribution in [2.75, 3.05) is 25.2 Å². The average Bonchev–Trinajstić information content (AvgIpc) is 2.54. The van der Waals surface area contributed by atoms with Crippen molar-refractivity contribution < 1.29 is 13.2 Å². The number of hydrogen-bond donors (Lipinski definition) is 1. The zero-order chi connectivity index (χ0) is 16.9. The van der Waals surface area contributed by atoms with E-state index >= 15 is 0 Å². The highest BCUT2D eigenvalue weighted by Gasteiger charge is 2.17. The summed E-state index contributed by atoms with van der Waals surface area (Å²) in [6.07, 6.45) is 1.66. The predicted molar refractivity (Wildman–Crippen MR) is 90.9 cm³/mol. The number of rotatable bonds is 6. The second-order valence-electron chi connectivity index (χ2n) is 4.82. The van der Waals surface area contributed by atoms with Crippen molar-refractivity contribution in [3.05, 3.63) is 48.7 Å². The molecular formula is C15H17N3O3S2. The molecule has 0 unspecified atom stereocenters. The van der Waals surface area contributed by atoms with Crippen LogP contribution in [-0.4, -0.2) is 43.5 Å². The maximum absolute atomic E-state index is 12.1. The number of benzene rings is 1. The van der Waals surface area contributed by atoms with Crippen molar-refractivity contribution >= 4 is 33.4 Å². The minimum absolute atomic E-state index is 0.137. The first-order chi connectivity index (χ1) is 10.9. The van der Waals surface area contributed by atoms with E-state index in [9.17, 15) is 13.2 Å². The number of hydrogen-bond acceptors (Lipinski definition) is 5. The molecule has 0 aliphatic rings. The molecule has 23 heavy (non-hydrogen) atoms. The first-order valence-corrected chi connectivity index (χ1v) is 9.18. The van der Waals surface area contributed by atoms with Gasteiger partial charge in [-0.1, -0.05) is 23.9 Å². The Bertz CT molecular complexity index is 778. The van der Waals surface area contributed by atoms with Crippen LogP contribution in [0.1, 0.15) is 0 Å². The molecule has 2 rings (SSSR count). The summed E-state index contributed by atoms with van der Waals surface area (Å²) in [7, 11) is -0.599. The number of thioether (sulfide) groups is 1. The van der Waals surface area contributed by atoms with Gasteiger partial charge in [0.2, 0.25) is 15.9 Å². The summed E-state index contributed by atoms with van der Waals surface area (Å²) in [4.78, 5) is 16.2. The smallest absolute Gasteiger partial charge is 0.242 e. The fraction of sp³-hybridized carbons (Fsp3) is 0.200. The number of carbonyl (C=O) groups excluding carboxylic acids is 1. The molecule has 122 valence electrons. The van der Waals surface area contributed by atoms with Gasteiger partial charge in [-0.05, 0) is 30.3 Å². The van der Waals surface area contributed by atoms with E-state index in [4.69, 9.17) is 0 Å². The van der Waals surface area contributed by atoms with Gasteiger partial charge in [-0.15, -0.1) is 0 Å². The topological polar surface area (TPSA) is 79.4 Å². The van der Waals surface area contributed by atoms with Gasteiger partial charge in [0.15, 0.2) is 0 Å². The molecule has 1 N–H and O–H groups in total. The molecule has 0 atom stereocenters. The maximum Gasteiger partial charge on any atom is 0.242 e. The van der Waals surface area contributed by atoms with Gasteiger partial charge in [0.05, 0.1) is 15.7 Å². The normalized spacial score (nSPS) is 11.4. The van der Waals surface area contributed by atoms with E-state index in [1.807, 2.05) is 12.1 Å². The molecule has 1 aromatic carbocycles. The van der Waals surface area contributed by atoms with E-state index in [-0.39, 0.29) is 16.6 Å². The highest BCUT2D eigenvalue weighted by Crippen LogP contribution is 2.19. The number of sulfonamides is 1. The monoisotopic (exact) mass is 351 g/mol. The summed E-state index contributed by atoms with van der Waals surface area (Å²) in [6, 6.07) is 11.7. The van der Waals surface area contributed by atoms with Gasteiger partial charge in [0, 0.05) is 26.0 Å². The van der Waals surface area contributed by atoms with E-state index in [0.29, 0.717) is 5.69 Å². The molecule has 0 aliphatic carbocycles. The van der Waals surface area contributed by atoms with E-state index in [1.54, 1.807) is 24.4 Å². The second-order valence-corrected chi connectivity index (χ2v) is 7.97. The number of carbonyl (C=O) groups is 1. The summed E-state index contributed by atoms with van der Waals surface area (Å²) in [6.45, 7) is 0. The zero-order valence-corrected chi connectivity index (χ0v) is 14.4. The first kappa shape index (κ1) is 17.5. The molecule has 1 amide bonds.